The van der Waals surface area contributed by atoms with Crippen LogP contribution in [0.2, 0.25) is 0 Å². The van der Waals surface area contributed by atoms with Gasteiger partial charge in [0.05, 0.1) is 20.3 Å². The molecule has 4 rings (SSSR count). The van der Waals surface area contributed by atoms with Crippen molar-refractivity contribution < 1.29 is 14.2 Å². The Kier molecular flexibility index (Phi) is 4.81. The van der Waals surface area contributed by atoms with Gasteiger partial charge in [0, 0.05) is 49.4 Å². The van der Waals surface area contributed by atoms with Crippen molar-refractivity contribution in [2.45, 2.75) is 32.1 Å². The second kappa shape index (κ2) is 7.19. The first kappa shape index (κ1) is 16.0. The zero-order valence-electron chi connectivity index (χ0n) is 14.7. The molecule has 1 saturated heterocycles. The highest BCUT2D eigenvalue weighted by Gasteiger charge is 2.30. The van der Waals surface area contributed by atoms with Gasteiger partial charge in [-0.05, 0) is 32.1 Å². The van der Waals surface area contributed by atoms with E-state index in [0.29, 0.717) is 0 Å². The zero-order chi connectivity index (χ0) is 16.4. The third kappa shape index (κ3) is 2.95. The zero-order valence-corrected chi connectivity index (χ0v) is 14.7. The molecule has 0 saturated carbocycles. The molecular weight excluding hydrogens is 304 g/mol. The first-order valence-electron chi connectivity index (χ1n) is 9.31. The molecule has 3 heterocycles. The Morgan fingerprint density at radius 1 is 1.00 bits per heavy atom. The first-order chi connectivity index (χ1) is 11.9. The summed E-state index contributed by atoms with van der Waals surface area (Å²) in [4.78, 5) is 2.55. The SMILES string of the molecule is COc1c2c(c(CCN3CCNCC3)c3c1OCCC3)OCCC2. The fraction of sp³-hybridized carbons (Fsp3) is 0.684. The van der Waals surface area contributed by atoms with E-state index in [1.165, 1.54) is 16.7 Å². The lowest BCUT2D eigenvalue weighted by molar-refractivity contribution is 0.234. The lowest BCUT2D eigenvalue weighted by Gasteiger charge is -2.32. The van der Waals surface area contributed by atoms with Gasteiger partial charge in [-0.25, -0.2) is 0 Å². The normalized spacial score (nSPS) is 20.5. The Balaban J connectivity index is 1.68. The van der Waals surface area contributed by atoms with E-state index in [1.54, 1.807) is 7.11 Å². The largest absolute Gasteiger partial charge is 0.493 e. The monoisotopic (exact) mass is 332 g/mol. The molecule has 0 bridgehead atoms. The average molecular weight is 332 g/mol. The summed E-state index contributed by atoms with van der Waals surface area (Å²) in [5, 5.41) is 3.42. The molecule has 3 aliphatic rings. The highest BCUT2D eigenvalue weighted by atomic mass is 16.5. The molecule has 5 heteroatoms. The number of ether oxygens (including phenoxy) is 3. The number of nitrogens with one attached hydrogen (secondary N) is 1. The Morgan fingerprint density at radius 2 is 1.71 bits per heavy atom. The van der Waals surface area contributed by atoms with Crippen LogP contribution in [0.4, 0.5) is 0 Å². The highest BCUT2D eigenvalue weighted by Crippen LogP contribution is 2.48. The van der Waals surface area contributed by atoms with Gasteiger partial charge >= 0.3 is 0 Å². The second-order valence-corrected chi connectivity index (χ2v) is 6.87. The number of hydrogen-bond donors (Lipinski definition) is 1. The van der Waals surface area contributed by atoms with Crippen molar-refractivity contribution in [2.24, 2.45) is 0 Å². The van der Waals surface area contributed by atoms with Crippen molar-refractivity contribution in [1.29, 1.82) is 0 Å². The maximum atomic E-state index is 6.14. The predicted octanol–water partition coefficient (Wildman–Crippen LogP) is 1.79. The van der Waals surface area contributed by atoms with Crippen LogP contribution in [0.5, 0.6) is 17.2 Å². The molecule has 0 atom stereocenters. The summed E-state index contributed by atoms with van der Waals surface area (Å²) in [5.74, 6) is 3.01. The summed E-state index contributed by atoms with van der Waals surface area (Å²) in [5.41, 5.74) is 3.92. The Morgan fingerprint density at radius 3 is 2.46 bits per heavy atom. The van der Waals surface area contributed by atoms with Crippen LogP contribution in [0.25, 0.3) is 0 Å². The number of methoxy groups -OCH3 is 1. The van der Waals surface area contributed by atoms with Crippen LogP contribution in [0, 0.1) is 0 Å². The molecule has 3 aliphatic heterocycles. The summed E-state index contributed by atoms with van der Waals surface area (Å²) in [6.07, 6.45) is 5.27. The maximum Gasteiger partial charge on any atom is 0.167 e. The number of rotatable bonds is 4. The number of nitrogens with zero attached hydrogens (tertiary/aromatic N) is 1. The van der Waals surface area contributed by atoms with Gasteiger partial charge in [-0.15, -0.1) is 0 Å². The van der Waals surface area contributed by atoms with Crippen LogP contribution in [0.1, 0.15) is 29.5 Å². The fourth-order valence-corrected chi connectivity index (χ4v) is 4.18. The minimum Gasteiger partial charge on any atom is -0.493 e. The van der Waals surface area contributed by atoms with Gasteiger partial charge in [0.25, 0.3) is 0 Å². The van der Waals surface area contributed by atoms with E-state index in [2.05, 4.69) is 10.2 Å². The molecule has 0 spiro atoms. The van der Waals surface area contributed by atoms with Crippen molar-refractivity contribution >= 4 is 0 Å². The lowest BCUT2D eigenvalue weighted by Crippen LogP contribution is -2.44. The molecule has 0 unspecified atom stereocenters. The molecule has 0 amide bonds. The topological polar surface area (TPSA) is 43.0 Å². The smallest absolute Gasteiger partial charge is 0.167 e. The van der Waals surface area contributed by atoms with Crippen LogP contribution >= 0.6 is 0 Å². The standard InChI is InChI=1S/C19H28N2O3/c1-22-18-16-5-3-12-23-17(16)15(14-4-2-13-24-19(14)18)6-9-21-10-7-20-8-11-21/h20H,2-13H2,1H3. The lowest BCUT2D eigenvalue weighted by atomic mass is 9.90. The molecule has 0 aromatic heterocycles. The summed E-state index contributed by atoms with van der Waals surface area (Å²) in [6.45, 7) is 7.17. The van der Waals surface area contributed by atoms with Gasteiger partial charge in [0.2, 0.25) is 0 Å². The van der Waals surface area contributed by atoms with Crippen molar-refractivity contribution in [3.8, 4) is 17.2 Å². The molecule has 5 nitrogen and oxygen atoms in total. The first-order valence-corrected chi connectivity index (χ1v) is 9.31. The number of fused-ring (bicyclic) bond motifs is 2. The molecule has 1 fully saturated rings. The van der Waals surface area contributed by atoms with E-state index in [4.69, 9.17) is 14.2 Å². The van der Waals surface area contributed by atoms with E-state index in [0.717, 1.165) is 95.3 Å². The Hall–Kier alpha value is -1.46. The highest BCUT2D eigenvalue weighted by molar-refractivity contribution is 5.64. The number of benzene rings is 1. The van der Waals surface area contributed by atoms with Crippen molar-refractivity contribution in [2.75, 3.05) is 53.0 Å². The molecule has 1 N–H and O–H groups in total. The van der Waals surface area contributed by atoms with E-state index in [9.17, 15) is 0 Å². The Labute approximate surface area is 144 Å². The summed E-state index contributed by atoms with van der Waals surface area (Å²) >= 11 is 0. The van der Waals surface area contributed by atoms with Crippen LogP contribution in [-0.4, -0.2) is 57.9 Å². The Bertz CT molecular complexity index is 560. The minimum atomic E-state index is 0.792. The van der Waals surface area contributed by atoms with Gasteiger partial charge in [-0.1, -0.05) is 0 Å². The predicted molar refractivity (Wildman–Crippen MR) is 93.6 cm³/mol. The van der Waals surface area contributed by atoms with E-state index >= 15 is 0 Å². The average Bonchev–Trinajstić information content (AvgIpc) is 2.66. The minimum absolute atomic E-state index is 0.792. The van der Waals surface area contributed by atoms with E-state index < -0.39 is 0 Å². The van der Waals surface area contributed by atoms with E-state index in [1.807, 2.05) is 0 Å². The van der Waals surface area contributed by atoms with Gasteiger partial charge in [0.1, 0.15) is 5.75 Å². The second-order valence-electron chi connectivity index (χ2n) is 6.87. The van der Waals surface area contributed by atoms with Crippen LogP contribution < -0.4 is 19.5 Å². The van der Waals surface area contributed by atoms with Crippen LogP contribution in [0.3, 0.4) is 0 Å². The van der Waals surface area contributed by atoms with Gasteiger partial charge < -0.3 is 24.4 Å². The molecular formula is C19H28N2O3. The molecule has 0 aliphatic carbocycles. The maximum absolute atomic E-state index is 6.14. The van der Waals surface area contributed by atoms with E-state index in [-0.39, 0.29) is 0 Å². The van der Waals surface area contributed by atoms with Crippen molar-refractivity contribution in [3.05, 3.63) is 16.7 Å². The third-order valence-electron chi connectivity index (χ3n) is 5.39. The van der Waals surface area contributed by atoms with Gasteiger partial charge in [0.15, 0.2) is 11.5 Å². The quantitative estimate of drug-likeness (QED) is 0.911. The number of hydrogen-bond acceptors (Lipinski definition) is 5. The van der Waals surface area contributed by atoms with Gasteiger partial charge in [-0.2, -0.15) is 0 Å². The van der Waals surface area contributed by atoms with Crippen molar-refractivity contribution in [1.82, 2.24) is 10.2 Å². The van der Waals surface area contributed by atoms with Gasteiger partial charge in [-0.3, -0.25) is 0 Å². The summed E-state index contributed by atoms with van der Waals surface area (Å²) < 4.78 is 17.9. The van der Waals surface area contributed by atoms with Crippen molar-refractivity contribution in [3.63, 3.8) is 0 Å². The molecule has 0 radical (unpaired) electrons. The summed E-state index contributed by atoms with van der Waals surface area (Å²) in [7, 11) is 1.75. The third-order valence-corrected chi connectivity index (χ3v) is 5.39. The fourth-order valence-electron chi connectivity index (χ4n) is 4.18. The molecule has 132 valence electrons. The van der Waals surface area contributed by atoms with Crippen LogP contribution in [-0.2, 0) is 19.3 Å². The number of piperazine rings is 1. The van der Waals surface area contributed by atoms with Crippen LogP contribution in [0.15, 0.2) is 0 Å². The molecule has 1 aromatic rings. The molecule has 1 aromatic carbocycles. The molecule has 24 heavy (non-hydrogen) atoms. The summed E-state index contributed by atoms with van der Waals surface area (Å²) in [6, 6.07) is 0.